The van der Waals surface area contributed by atoms with E-state index in [1.807, 2.05) is 69.3 Å². The molecule has 200 valence electrons. The van der Waals surface area contributed by atoms with E-state index in [0.29, 0.717) is 38.5 Å². The molecule has 38 heavy (non-hydrogen) atoms. The lowest BCUT2D eigenvalue weighted by molar-refractivity contribution is -0.139. The zero-order valence-electron chi connectivity index (χ0n) is 22.1. The van der Waals surface area contributed by atoms with Crippen molar-refractivity contribution in [3.05, 3.63) is 89.0 Å². The van der Waals surface area contributed by atoms with Crippen molar-refractivity contribution in [1.82, 2.24) is 4.57 Å². The van der Waals surface area contributed by atoms with Gasteiger partial charge in [0.1, 0.15) is 11.5 Å². The molecule has 2 heterocycles. The van der Waals surface area contributed by atoms with E-state index in [9.17, 15) is 9.59 Å². The molecule has 0 radical (unpaired) electrons. The molecule has 7 nitrogen and oxygen atoms in total. The normalized spacial score (nSPS) is 15.3. The molecule has 0 unspecified atom stereocenters. The lowest BCUT2D eigenvalue weighted by Gasteiger charge is -2.26. The molecule has 4 rings (SSSR count). The van der Waals surface area contributed by atoms with Crippen LogP contribution in [0, 0.1) is 0 Å². The third-order valence-corrected chi connectivity index (χ3v) is 7.40. The number of benzene rings is 2. The Hall–Kier alpha value is -3.17. The number of rotatable bonds is 9. The fourth-order valence-corrected chi connectivity index (χ4v) is 5.77. The molecule has 9 heteroatoms. The minimum absolute atomic E-state index is 0.0265. The lowest BCUT2D eigenvalue weighted by atomic mass is 9.94. The van der Waals surface area contributed by atoms with E-state index in [0.717, 1.165) is 22.0 Å². The molecule has 1 aliphatic rings. The Morgan fingerprint density at radius 2 is 2.00 bits per heavy atom. The van der Waals surface area contributed by atoms with E-state index in [-0.39, 0.29) is 18.3 Å². The maximum atomic E-state index is 14.0. The van der Waals surface area contributed by atoms with Crippen LogP contribution in [0.1, 0.15) is 57.7 Å². The van der Waals surface area contributed by atoms with Gasteiger partial charge in [0, 0.05) is 10.0 Å². The summed E-state index contributed by atoms with van der Waals surface area (Å²) in [4.78, 5) is 32.7. The minimum Gasteiger partial charge on any atom is -0.497 e. The zero-order valence-corrected chi connectivity index (χ0v) is 24.5. The summed E-state index contributed by atoms with van der Waals surface area (Å²) >= 11 is 4.82. The number of methoxy groups -OCH3 is 1. The molecule has 0 spiro atoms. The lowest BCUT2D eigenvalue weighted by Crippen LogP contribution is -2.40. The molecule has 0 saturated carbocycles. The maximum Gasteiger partial charge on any atom is 0.338 e. The van der Waals surface area contributed by atoms with Gasteiger partial charge in [0.25, 0.3) is 5.56 Å². The van der Waals surface area contributed by atoms with Gasteiger partial charge in [-0.3, -0.25) is 9.36 Å². The molecule has 0 fully saturated rings. The van der Waals surface area contributed by atoms with Crippen LogP contribution in [0.25, 0.3) is 6.08 Å². The molecule has 0 bridgehead atoms. The Morgan fingerprint density at radius 3 is 2.68 bits per heavy atom. The molecular weight excluding hydrogens is 568 g/mol. The number of allylic oxidation sites excluding steroid dienone is 1. The summed E-state index contributed by atoms with van der Waals surface area (Å²) in [6.07, 6.45) is 3.16. The van der Waals surface area contributed by atoms with E-state index in [2.05, 4.69) is 15.9 Å². The van der Waals surface area contributed by atoms with Gasteiger partial charge in [0.05, 0.1) is 41.7 Å². The number of hydrogen-bond acceptors (Lipinski definition) is 7. The second-order valence-corrected chi connectivity index (χ2v) is 11.0. The third kappa shape index (κ3) is 5.78. The van der Waals surface area contributed by atoms with E-state index in [1.54, 1.807) is 18.6 Å². The highest BCUT2D eigenvalue weighted by Crippen LogP contribution is 2.34. The van der Waals surface area contributed by atoms with Gasteiger partial charge < -0.3 is 14.2 Å². The van der Waals surface area contributed by atoms with E-state index in [1.165, 1.54) is 11.3 Å². The summed E-state index contributed by atoms with van der Waals surface area (Å²) in [7, 11) is 1.59. The number of thiazole rings is 1. The van der Waals surface area contributed by atoms with Crippen LogP contribution < -0.4 is 24.4 Å². The minimum atomic E-state index is -0.696. The van der Waals surface area contributed by atoms with E-state index >= 15 is 0 Å². The van der Waals surface area contributed by atoms with Gasteiger partial charge in [0.15, 0.2) is 4.80 Å². The predicted octanol–water partition coefficient (Wildman–Crippen LogP) is 5.14. The van der Waals surface area contributed by atoms with Gasteiger partial charge in [-0.1, -0.05) is 52.7 Å². The first kappa shape index (κ1) is 27.9. The standard InChI is InChI=1S/C29H31BrN2O5S/c1-6-9-22-25(28(34)36-7-2)26(18-10-8-11-21(15-18)35-5)32-27(33)24(38-29(32)31-22)16-19-14-20(30)12-13-23(19)37-17(3)4/h8,10-17,26H,6-7,9H2,1-5H3/b24-16+/t26-/m0/s1. The highest BCUT2D eigenvalue weighted by atomic mass is 79.9. The second-order valence-electron chi connectivity index (χ2n) is 9.04. The van der Waals surface area contributed by atoms with Crippen LogP contribution in [0.2, 0.25) is 0 Å². The highest BCUT2D eigenvalue weighted by Gasteiger charge is 2.34. The number of esters is 1. The van der Waals surface area contributed by atoms with Crippen molar-refractivity contribution in [1.29, 1.82) is 0 Å². The SMILES string of the molecule is CCCC1=C(C(=O)OCC)[C@H](c2cccc(OC)c2)n2c(s/c(=C/c3cc(Br)ccc3OC(C)C)c2=O)=N1. The third-order valence-electron chi connectivity index (χ3n) is 5.92. The van der Waals surface area contributed by atoms with Crippen molar-refractivity contribution in [3.8, 4) is 11.5 Å². The summed E-state index contributed by atoms with van der Waals surface area (Å²) in [6, 6.07) is 12.4. The van der Waals surface area contributed by atoms with Crippen molar-refractivity contribution in [2.75, 3.05) is 13.7 Å². The first-order valence-corrected chi connectivity index (χ1v) is 14.2. The van der Waals surface area contributed by atoms with Crippen LogP contribution in [0.15, 0.2) is 68.0 Å². The first-order valence-electron chi connectivity index (χ1n) is 12.6. The van der Waals surface area contributed by atoms with Crippen molar-refractivity contribution in [2.45, 2.75) is 52.7 Å². The second kappa shape index (κ2) is 12.1. The Kier molecular flexibility index (Phi) is 8.89. The van der Waals surface area contributed by atoms with Gasteiger partial charge in [-0.2, -0.15) is 0 Å². The molecule has 0 N–H and O–H groups in total. The quantitative estimate of drug-likeness (QED) is 0.319. The average molecular weight is 600 g/mol. The molecule has 0 aliphatic carbocycles. The molecular formula is C29H31BrN2O5S. The Morgan fingerprint density at radius 1 is 1.21 bits per heavy atom. The van der Waals surface area contributed by atoms with Crippen molar-refractivity contribution in [2.24, 2.45) is 4.99 Å². The van der Waals surface area contributed by atoms with Crippen LogP contribution in [-0.2, 0) is 9.53 Å². The average Bonchev–Trinajstić information content (AvgIpc) is 3.19. The van der Waals surface area contributed by atoms with Gasteiger partial charge >= 0.3 is 5.97 Å². The molecule has 2 aromatic carbocycles. The number of fused-ring (bicyclic) bond motifs is 1. The van der Waals surface area contributed by atoms with Gasteiger partial charge in [0.2, 0.25) is 0 Å². The number of nitrogens with zero attached hydrogens (tertiary/aromatic N) is 2. The number of carbonyl (C=O) groups is 1. The molecule has 1 aromatic heterocycles. The molecule has 0 amide bonds. The maximum absolute atomic E-state index is 14.0. The van der Waals surface area contributed by atoms with Crippen LogP contribution in [-0.4, -0.2) is 30.4 Å². The smallest absolute Gasteiger partial charge is 0.338 e. The van der Waals surface area contributed by atoms with E-state index < -0.39 is 12.0 Å². The molecule has 1 atom stereocenters. The van der Waals surface area contributed by atoms with Crippen LogP contribution in [0.5, 0.6) is 11.5 Å². The largest absolute Gasteiger partial charge is 0.497 e. The van der Waals surface area contributed by atoms with Crippen molar-refractivity contribution >= 4 is 39.3 Å². The summed E-state index contributed by atoms with van der Waals surface area (Å²) in [5.74, 6) is 0.838. The fraction of sp³-hybridized carbons (Fsp3) is 0.345. The molecule has 3 aromatic rings. The number of aromatic nitrogens is 1. The van der Waals surface area contributed by atoms with Crippen molar-refractivity contribution < 1.29 is 19.0 Å². The van der Waals surface area contributed by atoms with Crippen LogP contribution in [0.3, 0.4) is 0 Å². The number of carbonyl (C=O) groups excluding carboxylic acids is 1. The summed E-state index contributed by atoms with van der Waals surface area (Å²) in [6.45, 7) is 7.94. The first-order chi connectivity index (χ1) is 18.3. The number of ether oxygens (including phenoxy) is 3. The zero-order chi connectivity index (χ0) is 27.4. The van der Waals surface area contributed by atoms with Crippen LogP contribution >= 0.6 is 27.3 Å². The number of halogens is 1. The topological polar surface area (TPSA) is 79.1 Å². The van der Waals surface area contributed by atoms with Crippen LogP contribution in [0.4, 0.5) is 0 Å². The van der Waals surface area contributed by atoms with E-state index in [4.69, 9.17) is 19.2 Å². The van der Waals surface area contributed by atoms with Gasteiger partial charge in [-0.05, 0) is 69.2 Å². The monoisotopic (exact) mass is 598 g/mol. The molecule has 0 saturated heterocycles. The predicted molar refractivity (Wildman–Crippen MR) is 153 cm³/mol. The molecule has 1 aliphatic heterocycles. The highest BCUT2D eigenvalue weighted by molar-refractivity contribution is 9.10. The van der Waals surface area contributed by atoms with Gasteiger partial charge in [-0.15, -0.1) is 0 Å². The van der Waals surface area contributed by atoms with Gasteiger partial charge in [-0.25, -0.2) is 9.79 Å². The van der Waals surface area contributed by atoms with Crippen molar-refractivity contribution in [3.63, 3.8) is 0 Å². The Labute approximate surface area is 234 Å². The Bertz CT molecular complexity index is 1550. The Balaban J connectivity index is 2.00. The fourth-order valence-electron chi connectivity index (χ4n) is 4.38. The number of hydrogen-bond donors (Lipinski definition) is 0. The summed E-state index contributed by atoms with van der Waals surface area (Å²) in [5, 5.41) is 0. The summed E-state index contributed by atoms with van der Waals surface area (Å²) in [5.41, 5.74) is 2.30. The summed E-state index contributed by atoms with van der Waals surface area (Å²) < 4.78 is 19.9.